The monoisotopic (exact) mass is 497 g/mol. The van der Waals surface area contributed by atoms with E-state index in [1.54, 1.807) is 24.3 Å². The van der Waals surface area contributed by atoms with E-state index in [9.17, 15) is 13.9 Å². The lowest BCUT2D eigenvalue weighted by Gasteiger charge is -2.38. The third-order valence-electron chi connectivity index (χ3n) is 6.69. The van der Waals surface area contributed by atoms with Crippen molar-refractivity contribution >= 4 is 23.3 Å². The Morgan fingerprint density at radius 3 is 2.51 bits per heavy atom. The van der Waals surface area contributed by atoms with Crippen LogP contribution < -0.4 is 9.47 Å². The fraction of sp³-hybridized carbons (Fsp3) is 0.286. The zero-order chi connectivity index (χ0) is 24.6. The van der Waals surface area contributed by atoms with E-state index >= 15 is 0 Å². The highest BCUT2D eigenvalue weighted by atomic mass is 35.5. The summed E-state index contributed by atoms with van der Waals surface area (Å²) in [7, 11) is 0. The maximum absolute atomic E-state index is 13.6. The third kappa shape index (κ3) is 4.73. The fourth-order valence-electron chi connectivity index (χ4n) is 4.65. The quantitative estimate of drug-likeness (QED) is 0.415. The van der Waals surface area contributed by atoms with Gasteiger partial charge in [0.15, 0.2) is 5.60 Å². The first kappa shape index (κ1) is 23.6. The second-order valence-electron chi connectivity index (χ2n) is 9.19. The van der Waals surface area contributed by atoms with E-state index in [1.165, 1.54) is 12.1 Å². The number of alkyl halides is 1. The molecular weight excluding hydrogens is 472 g/mol. The summed E-state index contributed by atoms with van der Waals surface area (Å²) in [5.41, 5.74) is 2.28. The summed E-state index contributed by atoms with van der Waals surface area (Å²) in [5.74, 6) is 1.08. The van der Waals surface area contributed by atoms with Gasteiger partial charge in [-0.3, -0.25) is 9.29 Å². The van der Waals surface area contributed by atoms with E-state index in [0.717, 1.165) is 42.1 Å². The number of aromatic hydroxyl groups is 1. The molecule has 0 saturated carbocycles. The Balaban J connectivity index is 1.40. The van der Waals surface area contributed by atoms with E-state index in [4.69, 9.17) is 21.1 Å². The summed E-state index contributed by atoms with van der Waals surface area (Å²) in [6.45, 7) is 4.56. The van der Waals surface area contributed by atoms with Crippen LogP contribution in [0.1, 0.15) is 23.6 Å². The van der Waals surface area contributed by atoms with Crippen molar-refractivity contribution in [2.24, 2.45) is 5.92 Å². The first-order chi connectivity index (χ1) is 16.9. The maximum Gasteiger partial charge on any atom is 0.157 e. The molecule has 2 heterocycles. The van der Waals surface area contributed by atoms with Gasteiger partial charge in [0.2, 0.25) is 0 Å². The highest BCUT2D eigenvalue weighted by Gasteiger charge is 2.38. The number of nitrogens with zero attached hydrogens (tertiary/aromatic N) is 1. The van der Waals surface area contributed by atoms with Crippen LogP contribution in [0.5, 0.6) is 17.2 Å². The minimum absolute atomic E-state index is 0.0349. The van der Waals surface area contributed by atoms with Crippen molar-refractivity contribution in [3.63, 3.8) is 0 Å². The molecule has 182 valence electrons. The highest BCUT2D eigenvalue weighted by molar-refractivity contribution is 6.32. The highest BCUT2D eigenvalue weighted by Crippen LogP contribution is 2.48. The maximum atomic E-state index is 13.6. The number of rotatable bonds is 7. The Morgan fingerprint density at radius 2 is 1.83 bits per heavy atom. The lowest BCUT2D eigenvalue weighted by molar-refractivity contribution is 0.0668. The topological polar surface area (TPSA) is 41.9 Å². The van der Waals surface area contributed by atoms with Gasteiger partial charge in [0, 0.05) is 42.8 Å². The molecule has 0 bridgehead atoms. The smallest absolute Gasteiger partial charge is 0.157 e. The molecule has 0 aliphatic carbocycles. The van der Waals surface area contributed by atoms with Crippen molar-refractivity contribution < 1.29 is 23.4 Å². The first-order valence-corrected chi connectivity index (χ1v) is 11.9. The molecule has 1 atom stereocenters. The summed E-state index contributed by atoms with van der Waals surface area (Å²) >= 11 is 6.15. The van der Waals surface area contributed by atoms with Gasteiger partial charge in [-0.2, -0.15) is 0 Å². The van der Waals surface area contributed by atoms with Gasteiger partial charge in [-0.25, -0.2) is 4.39 Å². The van der Waals surface area contributed by atoms with Gasteiger partial charge in [0.25, 0.3) is 0 Å². The summed E-state index contributed by atoms with van der Waals surface area (Å²) in [6, 6.07) is 17.1. The van der Waals surface area contributed by atoms with Crippen LogP contribution in [0, 0.1) is 11.7 Å². The second-order valence-corrected chi connectivity index (χ2v) is 9.60. The van der Waals surface area contributed by atoms with Gasteiger partial charge in [-0.1, -0.05) is 35.9 Å². The number of halogens is 3. The molecule has 3 aromatic carbocycles. The van der Waals surface area contributed by atoms with Gasteiger partial charge in [-0.15, -0.1) is 0 Å². The van der Waals surface area contributed by atoms with Crippen LogP contribution >= 0.6 is 11.6 Å². The Kier molecular flexibility index (Phi) is 6.43. The summed E-state index contributed by atoms with van der Waals surface area (Å²) < 4.78 is 38.6. The number of fused-ring (bicyclic) bond motifs is 1. The summed E-state index contributed by atoms with van der Waals surface area (Å²) in [6.07, 6.45) is 1.93. The summed E-state index contributed by atoms with van der Waals surface area (Å²) in [4.78, 5) is 2.18. The molecule has 0 radical (unpaired) electrons. The number of likely N-dealkylation sites (tertiary alicyclic amines) is 1. The van der Waals surface area contributed by atoms with E-state index in [2.05, 4.69) is 4.90 Å². The van der Waals surface area contributed by atoms with E-state index in [1.807, 2.05) is 37.3 Å². The number of benzene rings is 3. The number of ether oxygens (including phenoxy) is 2. The predicted molar refractivity (Wildman–Crippen MR) is 133 cm³/mol. The molecule has 7 heteroatoms. The van der Waals surface area contributed by atoms with Gasteiger partial charge in [0.1, 0.15) is 29.7 Å². The first-order valence-electron chi connectivity index (χ1n) is 11.6. The fourth-order valence-corrected chi connectivity index (χ4v) is 4.80. The van der Waals surface area contributed by atoms with Crippen molar-refractivity contribution in [1.29, 1.82) is 0 Å². The minimum atomic E-state index is -0.900. The molecule has 2 aliphatic rings. The van der Waals surface area contributed by atoms with Crippen molar-refractivity contribution in [2.75, 3.05) is 32.9 Å². The molecule has 5 rings (SSSR count). The second kappa shape index (κ2) is 9.51. The molecule has 1 saturated heterocycles. The van der Waals surface area contributed by atoms with Crippen molar-refractivity contribution in [2.45, 2.75) is 12.5 Å². The average Bonchev–Trinajstić information content (AvgIpc) is 2.82. The number of phenolic OH excluding ortho intramolecular Hbond substituents is 1. The van der Waals surface area contributed by atoms with Crippen LogP contribution in [0.4, 0.5) is 8.78 Å². The van der Waals surface area contributed by atoms with Crippen LogP contribution in [0.3, 0.4) is 0 Å². The Morgan fingerprint density at radius 1 is 1.11 bits per heavy atom. The molecular formula is C28H26ClF2NO3. The zero-order valence-corrected chi connectivity index (χ0v) is 20.1. The number of hydrogen-bond acceptors (Lipinski definition) is 4. The molecule has 35 heavy (non-hydrogen) atoms. The van der Waals surface area contributed by atoms with Gasteiger partial charge in [-0.05, 0) is 54.5 Å². The lowest BCUT2D eigenvalue weighted by atomic mass is 9.80. The molecule has 1 unspecified atom stereocenters. The molecule has 1 N–H and O–H groups in total. The van der Waals surface area contributed by atoms with Crippen molar-refractivity contribution in [3.05, 3.63) is 88.2 Å². The summed E-state index contributed by atoms with van der Waals surface area (Å²) in [5, 5.41) is 10.3. The van der Waals surface area contributed by atoms with E-state index in [0.29, 0.717) is 17.9 Å². The molecule has 1 fully saturated rings. The van der Waals surface area contributed by atoms with Crippen LogP contribution in [-0.4, -0.2) is 42.9 Å². The number of hydrogen-bond donors (Lipinski definition) is 1. The predicted octanol–water partition coefficient (Wildman–Crippen LogP) is 6.31. The molecule has 0 spiro atoms. The van der Waals surface area contributed by atoms with Crippen LogP contribution in [0.25, 0.3) is 11.6 Å². The van der Waals surface area contributed by atoms with Gasteiger partial charge in [0.05, 0.1) is 11.7 Å². The SMILES string of the molecule is CC1(c2ccc(OCCN3CC(CF)C3)cc2)Oc2cc(Cl)c(O)cc2C=C1c1ccc(F)cc1. The number of phenols is 1. The van der Waals surface area contributed by atoms with E-state index < -0.39 is 5.60 Å². The Hall–Kier alpha value is -3.09. The molecule has 0 amide bonds. The standard InChI is InChI=1S/C28H26ClF2NO3/c1-28(21-4-8-23(9-5-21)34-11-10-32-16-18(15-30)17-32)24(19-2-6-22(31)7-3-19)12-20-13-26(33)25(29)14-27(20)35-28/h2-9,12-14,18,33H,10-11,15-17H2,1H3. The third-order valence-corrected chi connectivity index (χ3v) is 7.00. The Bertz CT molecular complexity index is 1240. The Labute approximate surface area is 208 Å². The van der Waals surface area contributed by atoms with Crippen LogP contribution in [-0.2, 0) is 5.60 Å². The lowest BCUT2D eigenvalue weighted by Crippen LogP contribution is -2.49. The molecule has 4 nitrogen and oxygen atoms in total. The average molecular weight is 498 g/mol. The molecule has 0 aromatic heterocycles. The van der Waals surface area contributed by atoms with Gasteiger partial charge >= 0.3 is 0 Å². The van der Waals surface area contributed by atoms with Crippen molar-refractivity contribution in [3.8, 4) is 17.2 Å². The zero-order valence-electron chi connectivity index (χ0n) is 19.3. The van der Waals surface area contributed by atoms with Crippen molar-refractivity contribution in [1.82, 2.24) is 4.90 Å². The minimum Gasteiger partial charge on any atom is -0.506 e. The normalized spacial score (nSPS) is 19.9. The van der Waals surface area contributed by atoms with Crippen LogP contribution in [0.15, 0.2) is 60.7 Å². The molecule has 2 aliphatic heterocycles. The van der Waals surface area contributed by atoms with Crippen LogP contribution in [0.2, 0.25) is 5.02 Å². The molecule has 3 aromatic rings. The largest absolute Gasteiger partial charge is 0.506 e. The van der Waals surface area contributed by atoms with Gasteiger partial charge < -0.3 is 14.6 Å². The van der Waals surface area contributed by atoms with E-state index in [-0.39, 0.29) is 29.2 Å².